The van der Waals surface area contributed by atoms with Crippen molar-refractivity contribution in [1.82, 2.24) is 14.3 Å². The minimum absolute atomic E-state index is 0.233. The Labute approximate surface area is 208 Å². The van der Waals surface area contributed by atoms with E-state index in [4.69, 9.17) is 9.72 Å². The lowest BCUT2D eigenvalue weighted by molar-refractivity contribution is -0.392. The third-order valence-corrected chi connectivity index (χ3v) is 6.62. The van der Waals surface area contributed by atoms with E-state index in [0.717, 1.165) is 40.4 Å². The zero-order valence-electron chi connectivity index (χ0n) is 20.0. The fourth-order valence-electron chi connectivity index (χ4n) is 4.31. The molecule has 0 spiro atoms. The highest BCUT2D eigenvalue weighted by Gasteiger charge is 2.29. The molecule has 2 fully saturated rings. The number of carbonyl (C=O) groups is 1. The van der Waals surface area contributed by atoms with Crippen LogP contribution < -0.4 is 15.2 Å². The van der Waals surface area contributed by atoms with Crippen molar-refractivity contribution >= 4 is 39.0 Å². The van der Waals surface area contributed by atoms with Gasteiger partial charge in [0.05, 0.1) is 17.9 Å². The first-order chi connectivity index (χ1) is 16.2. The van der Waals surface area contributed by atoms with E-state index < -0.39 is 5.60 Å². The minimum atomic E-state index is -0.479. The number of aromatic nitrogens is 3. The Bertz CT molecular complexity index is 1190. The van der Waals surface area contributed by atoms with E-state index in [1.807, 2.05) is 39.1 Å². The van der Waals surface area contributed by atoms with Gasteiger partial charge in [-0.05, 0) is 51.2 Å². The summed E-state index contributed by atoms with van der Waals surface area (Å²) >= 11 is 3.47. The molecule has 0 aromatic carbocycles. The number of hydrogen-bond acceptors (Lipinski definition) is 5. The lowest BCUT2D eigenvalue weighted by Crippen LogP contribution is -2.50. The van der Waals surface area contributed by atoms with Crippen molar-refractivity contribution in [2.75, 3.05) is 36.4 Å². The predicted octanol–water partition coefficient (Wildman–Crippen LogP) is 4.46. The molecule has 2 aliphatic rings. The molecular formula is C25H32BrN6O2+. The average Bonchev–Trinajstić information content (AvgIpc) is 3.55. The molecule has 0 atom stereocenters. The van der Waals surface area contributed by atoms with Gasteiger partial charge in [-0.2, -0.15) is 0 Å². The number of fused-ring (bicyclic) bond motifs is 1. The lowest BCUT2D eigenvalue weighted by Gasteiger charge is -2.37. The van der Waals surface area contributed by atoms with Gasteiger partial charge < -0.3 is 24.3 Å². The molecule has 1 amide bonds. The molecule has 8 nitrogen and oxygen atoms in total. The van der Waals surface area contributed by atoms with E-state index in [9.17, 15) is 4.79 Å². The number of rotatable bonds is 5. The molecule has 5 rings (SSSR count). The summed E-state index contributed by atoms with van der Waals surface area (Å²) in [4.78, 5) is 24.7. The first-order valence-corrected chi connectivity index (χ1v) is 12.7. The Kier molecular flexibility index (Phi) is 6.14. The summed E-state index contributed by atoms with van der Waals surface area (Å²) in [6.45, 7) is 9.16. The smallest absolute Gasteiger partial charge is 0.410 e. The zero-order valence-corrected chi connectivity index (χ0v) is 21.6. The topological polar surface area (TPSA) is 76.2 Å². The molecule has 0 bridgehead atoms. The highest BCUT2D eigenvalue weighted by atomic mass is 79.9. The average molecular weight is 528 g/mol. The second-order valence-electron chi connectivity index (χ2n) is 10.1. The molecule has 0 unspecified atom stereocenters. The molecule has 1 saturated carbocycles. The zero-order chi connectivity index (χ0) is 23.9. The van der Waals surface area contributed by atoms with Crippen LogP contribution in [0.4, 0.5) is 16.2 Å². The standard InChI is InChI=1S/C25H31BrN6O2/c1-25(2,3)34-24(33)31-10-8-30(9-11-31)21-12-18(17-4-5-17)15-32-16-20(29-23(21)32)14-28-19-6-7-27-22(26)13-19/h6-7,12-13,15-17H,4-5,8-11,14H2,1-3H3,(H,27,28)/p+1. The van der Waals surface area contributed by atoms with Crippen molar-refractivity contribution in [3.8, 4) is 0 Å². The van der Waals surface area contributed by atoms with E-state index in [1.54, 1.807) is 4.90 Å². The summed E-state index contributed by atoms with van der Waals surface area (Å²) < 4.78 is 8.66. The van der Waals surface area contributed by atoms with E-state index >= 15 is 0 Å². The Morgan fingerprint density at radius 2 is 1.97 bits per heavy atom. The minimum Gasteiger partial charge on any atom is -0.444 e. The van der Waals surface area contributed by atoms with Gasteiger partial charge in [0.15, 0.2) is 11.8 Å². The SMILES string of the molecule is CC(C)(C)OC(=O)N1CCN(c2cc(C3CC3)cn3cc(CNc4cc[nH+]c(Br)c4)nc23)CC1. The van der Waals surface area contributed by atoms with Crippen LogP contribution in [-0.2, 0) is 11.3 Å². The number of carbonyl (C=O) groups excluding carboxylic acids is 1. The van der Waals surface area contributed by atoms with E-state index in [1.165, 1.54) is 18.4 Å². The molecule has 3 aromatic rings. The first-order valence-electron chi connectivity index (χ1n) is 11.9. The predicted molar refractivity (Wildman–Crippen MR) is 135 cm³/mol. The summed E-state index contributed by atoms with van der Waals surface area (Å²) in [5.74, 6) is 0.646. The molecule has 2 N–H and O–H groups in total. The van der Waals surface area contributed by atoms with Gasteiger partial charge >= 0.3 is 6.09 Å². The number of pyridine rings is 2. The number of halogens is 1. The second kappa shape index (κ2) is 9.09. The largest absolute Gasteiger partial charge is 0.444 e. The number of hydrogen-bond donors (Lipinski definition) is 1. The quantitative estimate of drug-likeness (QED) is 0.495. The molecule has 180 valence electrons. The van der Waals surface area contributed by atoms with Crippen molar-refractivity contribution in [2.24, 2.45) is 0 Å². The summed E-state index contributed by atoms with van der Waals surface area (Å²) in [6, 6.07) is 6.32. The van der Waals surface area contributed by atoms with Crippen LogP contribution in [0.2, 0.25) is 0 Å². The van der Waals surface area contributed by atoms with Crippen LogP contribution >= 0.6 is 15.9 Å². The van der Waals surface area contributed by atoms with Crippen LogP contribution in [0, 0.1) is 0 Å². The molecule has 1 aliphatic carbocycles. The monoisotopic (exact) mass is 527 g/mol. The molecule has 4 heterocycles. The number of amides is 1. The van der Waals surface area contributed by atoms with E-state index in [2.05, 4.69) is 54.0 Å². The van der Waals surface area contributed by atoms with Gasteiger partial charge in [0.2, 0.25) is 4.60 Å². The molecule has 34 heavy (non-hydrogen) atoms. The van der Waals surface area contributed by atoms with Crippen molar-refractivity contribution in [1.29, 1.82) is 0 Å². The molecular weight excluding hydrogens is 496 g/mol. The normalized spacial score (nSPS) is 16.7. The number of aromatic amines is 1. The van der Waals surface area contributed by atoms with Crippen LogP contribution in [0.25, 0.3) is 5.65 Å². The lowest BCUT2D eigenvalue weighted by atomic mass is 10.1. The molecule has 3 aromatic heterocycles. The van der Waals surface area contributed by atoms with Gasteiger partial charge in [-0.3, -0.25) is 0 Å². The first kappa shape index (κ1) is 23.0. The summed E-state index contributed by atoms with van der Waals surface area (Å²) in [5, 5.41) is 3.45. The van der Waals surface area contributed by atoms with Crippen molar-refractivity contribution in [3.63, 3.8) is 0 Å². The van der Waals surface area contributed by atoms with Gasteiger partial charge in [-0.15, -0.1) is 0 Å². The second-order valence-corrected chi connectivity index (χ2v) is 11.0. The summed E-state index contributed by atoms with van der Waals surface area (Å²) in [6.07, 6.45) is 8.52. The van der Waals surface area contributed by atoms with Gasteiger partial charge in [-0.25, -0.2) is 14.8 Å². The molecule has 1 aliphatic heterocycles. The highest BCUT2D eigenvalue weighted by Crippen LogP contribution is 2.42. The number of nitrogens with zero attached hydrogens (tertiary/aromatic N) is 4. The third-order valence-electron chi connectivity index (χ3n) is 6.16. The molecule has 0 radical (unpaired) electrons. The van der Waals surface area contributed by atoms with E-state index in [-0.39, 0.29) is 6.09 Å². The van der Waals surface area contributed by atoms with Crippen LogP contribution in [0.15, 0.2) is 41.4 Å². The van der Waals surface area contributed by atoms with Crippen LogP contribution in [-0.4, -0.2) is 52.2 Å². The number of piperazine rings is 1. The fourth-order valence-corrected chi connectivity index (χ4v) is 4.69. The number of imidazole rings is 1. The summed E-state index contributed by atoms with van der Waals surface area (Å²) in [7, 11) is 0. The maximum absolute atomic E-state index is 12.5. The van der Waals surface area contributed by atoms with E-state index in [0.29, 0.717) is 25.6 Å². The maximum atomic E-state index is 12.5. The number of anilines is 2. The highest BCUT2D eigenvalue weighted by molar-refractivity contribution is 9.10. The Balaban J connectivity index is 1.34. The number of nitrogens with one attached hydrogen (secondary N) is 2. The van der Waals surface area contributed by atoms with Crippen molar-refractivity contribution in [2.45, 2.75) is 51.7 Å². The van der Waals surface area contributed by atoms with Gasteiger partial charge in [-0.1, -0.05) is 0 Å². The number of H-pyrrole nitrogens is 1. The van der Waals surface area contributed by atoms with Gasteiger partial charge in [0, 0.05) is 72.3 Å². The van der Waals surface area contributed by atoms with Crippen LogP contribution in [0.3, 0.4) is 0 Å². The Morgan fingerprint density at radius 1 is 1.21 bits per heavy atom. The van der Waals surface area contributed by atoms with Crippen molar-refractivity contribution < 1.29 is 14.5 Å². The van der Waals surface area contributed by atoms with Crippen molar-refractivity contribution in [3.05, 3.63) is 52.7 Å². The fraction of sp³-hybridized carbons (Fsp3) is 0.480. The van der Waals surface area contributed by atoms with Gasteiger partial charge in [0.1, 0.15) is 5.60 Å². The third kappa shape index (κ3) is 5.29. The van der Waals surface area contributed by atoms with Gasteiger partial charge in [0.25, 0.3) is 0 Å². The van der Waals surface area contributed by atoms with Crippen LogP contribution in [0.5, 0.6) is 0 Å². The Hall–Kier alpha value is -2.81. The molecule has 9 heteroatoms. The number of ether oxygens (including phenoxy) is 1. The molecule has 1 saturated heterocycles. The maximum Gasteiger partial charge on any atom is 0.410 e. The summed E-state index contributed by atoms with van der Waals surface area (Å²) in [5.41, 5.74) is 5.03. The van der Waals surface area contributed by atoms with Crippen LogP contribution in [0.1, 0.15) is 50.8 Å². The Morgan fingerprint density at radius 3 is 2.65 bits per heavy atom.